The summed E-state index contributed by atoms with van der Waals surface area (Å²) >= 11 is 0. The van der Waals surface area contributed by atoms with E-state index in [4.69, 9.17) is 0 Å². The monoisotopic (exact) mass is 343 g/mol. The topological polar surface area (TPSA) is 87.3 Å². The molecular weight excluding hydrogens is 325 g/mol. The van der Waals surface area contributed by atoms with Gasteiger partial charge in [-0.25, -0.2) is 4.39 Å². The molecule has 0 bridgehead atoms. The third-order valence-corrected chi connectivity index (χ3v) is 3.20. The first-order valence-electron chi connectivity index (χ1n) is 7.57. The molecule has 0 heterocycles. The highest BCUT2D eigenvalue weighted by Gasteiger charge is 2.10. The standard InChI is InChI=1S/C18H18FN3O3/c1-11(23)20-14-5-3-13(4-6-14)9-18(25)22-17-10-15(21-12(2)24)7-8-16(17)19/h3-8,10H,9H2,1-2H3,(H,20,23)(H,21,24)(H,22,25). The maximum Gasteiger partial charge on any atom is 0.228 e. The second kappa shape index (κ2) is 8.05. The summed E-state index contributed by atoms with van der Waals surface area (Å²) in [5.41, 5.74) is 1.73. The van der Waals surface area contributed by atoms with Gasteiger partial charge in [0, 0.05) is 25.2 Å². The van der Waals surface area contributed by atoms with Gasteiger partial charge in [0.25, 0.3) is 0 Å². The van der Waals surface area contributed by atoms with Gasteiger partial charge in [-0.3, -0.25) is 14.4 Å². The van der Waals surface area contributed by atoms with Crippen LogP contribution in [-0.2, 0) is 20.8 Å². The van der Waals surface area contributed by atoms with Crippen molar-refractivity contribution in [3.05, 3.63) is 53.8 Å². The molecule has 3 N–H and O–H groups in total. The Morgan fingerprint density at radius 3 is 2.00 bits per heavy atom. The third-order valence-electron chi connectivity index (χ3n) is 3.20. The van der Waals surface area contributed by atoms with Crippen molar-refractivity contribution in [2.24, 2.45) is 0 Å². The van der Waals surface area contributed by atoms with Crippen LogP contribution in [0.3, 0.4) is 0 Å². The lowest BCUT2D eigenvalue weighted by atomic mass is 10.1. The number of halogens is 1. The van der Waals surface area contributed by atoms with Gasteiger partial charge in [-0.05, 0) is 35.9 Å². The molecule has 0 fully saturated rings. The molecule has 0 aliphatic heterocycles. The lowest BCUT2D eigenvalue weighted by Crippen LogP contribution is -2.16. The van der Waals surface area contributed by atoms with Crippen LogP contribution in [0.5, 0.6) is 0 Å². The molecule has 0 saturated carbocycles. The van der Waals surface area contributed by atoms with E-state index >= 15 is 0 Å². The van der Waals surface area contributed by atoms with Crippen molar-refractivity contribution >= 4 is 34.8 Å². The van der Waals surface area contributed by atoms with Gasteiger partial charge in [-0.2, -0.15) is 0 Å². The van der Waals surface area contributed by atoms with E-state index in [1.54, 1.807) is 24.3 Å². The Morgan fingerprint density at radius 2 is 1.40 bits per heavy atom. The Kier molecular flexibility index (Phi) is 5.84. The molecule has 6 nitrogen and oxygen atoms in total. The van der Waals surface area contributed by atoms with E-state index in [0.717, 1.165) is 0 Å². The van der Waals surface area contributed by atoms with E-state index in [1.165, 1.54) is 32.0 Å². The van der Waals surface area contributed by atoms with Crippen molar-refractivity contribution in [1.82, 2.24) is 0 Å². The van der Waals surface area contributed by atoms with Crippen LogP contribution in [0.15, 0.2) is 42.5 Å². The van der Waals surface area contributed by atoms with Gasteiger partial charge in [0.1, 0.15) is 5.82 Å². The molecule has 130 valence electrons. The van der Waals surface area contributed by atoms with Gasteiger partial charge < -0.3 is 16.0 Å². The summed E-state index contributed by atoms with van der Waals surface area (Å²) in [6.07, 6.45) is 0.0458. The summed E-state index contributed by atoms with van der Waals surface area (Å²) in [4.78, 5) is 34.1. The van der Waals surface area contributed by atoms with Crippen LogP contribution in [0.4, 0.5) is 21.5 Å². The minimum atomic E-state index is -0.594. The molecule has 2 aromatic carbocycles. The third kappa shape index (κ3) is 5.72. The molecule has 7 heteroatoms. The van der Waals surface area contributed by atoms with Crippen molar-refractivity contribution in [2.45, 2.75) is 20.3 Å². The number of carbonyl (C=O) groups is 3. The minimum absolute atomic E-state index is 0.00823. The molecule has 25 heavy (non-hydrogen) atoms. The Labute approximate surface area is 144 Å². The van der Waals surface area contributed by atoms with E-state index in [9.17, 15) is 18.8 Å². The van der Waals surface area contributed by atoms with Crippen LogP contribution < -0.4 is 16.0 Å². The van der Waals surface area contributed by atoms with E-state index < -0.39 is 11.7 Å². The van der Waals surface area contributed by atoms with Crippen molar-refractivity contribution in [2.75, 3.05) is 16.0 Å². The molecule has 2 rings (SSSR count). The van der Waals surface area contributed by atoms with Crippen molar-refractivity contribution in [3.8, 4) is 0 Å². The summed E-state index contributed by atoms with van der Waals surface area (Å²) in [7, 11) is 0. The van der Waals surface area contributed by atoms with E-state index in [1.807, 2.05) is 0 Å². The predicted octanol–water partition coefficient (Wildman–Crippen LogP) is 2.92. The summed E-state index contributed by atoms with van der Waals surface area (Å²) in [6, 6.07) is 10.7. The largest absolute Gasteiger partial charge is 0.326 e. The van der Waals surface area contributed by atoms with Crippen LogP contribution in [0, 0.1) is 5.82 Å². The predicted molar refractivity (Wildman–Crippen MR) is 93.8 cm³/mol. The number of rotatable bonds is 5. The molecule has 0 aromatic heterocycles. The summed E-state index contributed by atoms with van der Waals surface area (Å²) in [6.45, 7) is 2.75. The zero-order valence-corrected chi connectivity index (χ0v) is 13.9. The zero-order valence-electron chi connectivity index (χ0n) is 13.9. The highest BCUT2D eigenvalue weighted by molar-refractivity contribution is 5.94. The lowest BCUT2D eigenvalue weighted by Gasteiger charge is -2.09. The van der Waals surface area contributed by atoms with Crippen molar-refractivity contribution in [1.29, 1.82) is 0 Å². The Bertz CT molecular complexity index is 804. The van der Waals surface area contributed by atoms with Gasteiger partial charge in [0.05, 0.1) is 12.1 Å². The Morgan fingerprint density at radius 1 is 0.840 bits per heavy atom. The molecular formula is C18H18FN3O3. The summed E-state index contributed by atoms with van der Waals surface area (Å²) < 4.78 is 13.8. The van der Waals surface area contributed by atoms with Gasteiger partial charge in [0.2, 0.25) is 17.7 Å². The first-order valence-corrected chi connectivity index (χ1v) is 7.57. The fourth-order valence-electron chi connectivity index (χ4n) is 2.19. The second-order valence-corrected chi connectivity index (χ2v) is 5.48. The maximum absolute atomic E-state index is 13.8. The molecule has 0 aliphatic rings. The number of anilines is 3. The van der Waals surface area contributed by atoms with Gasteiger partial charge in [-0.15, -0.1) is 0 Å². The first kappa shape index (κ1) is 18.1. The van der Waals surface area contributed by atoms with Crippen LogP contribution >= 0.6 is 0 Å². The average molecular weight is 343 g/mol. The summed E-state index contributed by atoms with van der Waals surface area (Å²) in [5.74, 6) is -1.46. The van der Waals surface area contributed by atoms with Crippen LogP contribution in [0.2, 0.25) is 0 Å². The van der Waals surface area contributed by atoms with Gasteiger partial charge >= 0.3 is 0 Å². The number of hydrogen-bond acceptors (Lipinski definition) is 3. The van der Waals surface area contributed by atoms with Crippen molar-refractivity contribution in [3.63, 3.8) is 0 Å². The average Bonchev–Trinajstić information content (AvgIpc) is 2.51. The molecule has 0 unspecified atom stereocenters. The van der Waals surface area contributed by atoms with E-state index in [0.29, 0.717) is 16.9 Å². The van der Waals surface area contributed by atoms with Crippen LogP contribution in [0.25, 0.3) is 0 Å². The highest BCUT2D eigenvalue weighted by Crippen LogP contribution is 2.20. The van der Waals surface area contributed by atoms with E-state index in [-0.39, 0.29) is 23.9 Å². The smallest absolute Gasteiger partial charge is 0.228 e. The maximum atomic E-state index is 13.8. The van der Waals surface area contributed by atoms with Crippen molar-refractivity contribution < 1.29 is 18.8 Å². The number of amides is 3. The normalized spacial score (nSPS) is 10.0. The number of benzene rings is 2. The second-order valence-electron chi connectivity index (χ2n) is 5.48. The van der Waals surface area contributed by atoms with Gasteiger partial charge in [0.15, 0.2) is 0 Å². The fraction of sp³-hybridized carbons (Fsp3) is 0.167. The molecule has 3 amide bonds. The molecule has 0 atom stereocenters. The van der Waals surface area contributed by atoms with E-state index in [2.05, 4.69) is 16.0 Å². The quantitative estimate of drug-likeness (QED) is 0.780. The van der Waals surface area contributed by atoms with Crippen LogP contribution in [0.1, 0.15) is 19.4 Å². The van der Waals surface area contributed by atoms with Crippen LogP contribution in [-0.4, -0.2) is 17.7 Å². The molecule has 2 aromatic rings. The number of nitrogens with one attached hydrogen (secondary N) is 3. The molecule has 0 saturated heterocycles. The minimum Gasteiger partial charge on any atom is -0.326 e. The number of hydrogen-bond donors (Lipinski definition) is 3. The Hall–Kier alpha value is -3.22. The SMILES string of the molecule is CC(=O)Nc1ccc(CC(=O)Nc2cc(NC(C)=O)ccc2F)cc1. The summed E-state index contributed by atoms with van der Waals surface area (Å²) in [5, 5.41) is 7.64. The fourth-order valence-corrected chi connectivity index (χ4v) is 2.19. The Balaban J connectivity index is 2.02. The lowest BCUT2D eigenvalue weighted by molar-refractivity contribution is -0.116. The molecule has 0 aliphatic carbocycles. The molecule has 0 spiro atoms. The first-order chi connectivity index (χ1) is 11.8. The zero-order chi connectivity index (χ0) is 18.4. The molecule has 0 radical (unpaired) electrons. The number of carbonyl (C=O) groups excluding carboxylic acids is 3. The van der Waals surface area contributed by atoms with Gasteiger partial charge in [-0.1, -0.05) is 12.1 Å². The highest BCUT2D eigenvalue weighted by atomic mass is 19.1.